The molecule has 9 heteroatoms. The van der Waals surface area contributed by atoms with Crippen molar-refractivity contribution in [3.8, 4) is 5.75 Å². The number of fused-ring (bicyclic) bond motifs is 2. The lowest BCUT2D eigenvalue weighted by Gasteiger charge is -2.55. The van der Waals surface area contributed by atoms with Crippen LogP contribution in [0.25, 0.3) is 0 Å². The number of carbonyl (C=O) groups is 2. The molecule has 3 atom stereocenters. The third kappa shape index (κ3) is 7.81. The maximum atomic E-state index is 13.2. The van der Waals surface area contributed by atoms with Gasteiger partial charge in [-0.2, -0.15) is 0 Å². The Bertz CT molecular complexity index is 1570. The molecule has 2 aromatic rings. The summed E-state index contributed by atoms with van der Waals surface area (Å²) in [5.41, 5.74) is 3.70. The monoisotopic (exact) mass is 678 g/mol. The van der Waals surface area contributed by atoms with Gasteiger partial charge in [-0.05, 0) is 139 Å². The Labute approximate surface area is 290 Å². The topological polar surface area (TPSA) is 88.5 Å². The Kier molecular flexibility index (Phi) is 9.55. The molecule has 2 aromatic carbocycles. The SMILES string of the molecule is CC(C)(C)OC(=O)c1ccc2c(c1)N(C[C@@H]1CC[C@H]1[C@@H](O)C1=CC3(C1)CN(C(=O)OC(C)(C)C)C3)Cc1ccc(Cl)cc1CCCCO2. The first kappa shape index (κ1) is 34.6. The summed E-state index contributed by atoms with van der Waals surface area (Å²) in [6, 6.07) is 11.7. The van der Waals surface area contributed by atoms with Gasteiger partial charge >= 0.3 is 12.1 Å². The Morgan fingerprint density at radius 3 is 2.40 bits per heavy atom. The summed E-state index contributed by atoms with van der Waals surface area (Å²) in [5.74, 6) is 0.781. The lowest BCUT2D eigenvalue weighted by molar-refractivity contribution is -0.0330. The number of aryl methyl sites for hydroxylation is 1. The molecule has 0 aromatic heterocycles. The Hall–Kier alpha value is -3.23. The fraction of sp³-hybridized carbons (Fsp3) is 0.590. The van der Waals surface area contributed by atoms with E-state index in [1.165, 1.54) is 11.1 Å². The number of aliphatic hydroxyl groups is 1. The molecule has 2 fully saturated rings. The molecule has 0 radical (unpaired) electrons. The highest BCUT2D eigenvalue weighted by Gasteiger charge is 2.52. The molecule has 0 unspecified atom stereocenters. The van der Waals surface area contributed by atoms with Crippen LogP contribution in [0.4, 0.5) is 10.5 Å². The number of nitrogens with zero attached hydrogens (tertiary/aromatic N) is 2. The van der Waals surface area contributed by atoms with Crippen LogP contribution in [-0.4, -0.2) is 65.6 Å². The summed E-state index contributed by atoms with van der Waals surface area (Å²) in [5, 5.41) is 12.3. The molecule has 4 aliphatic rings. The first-order valence-electron chi connectivity index (χ1n) is 17.5. The summed E-state index contributed by atoms with van der Waals surface area (Å²) in [6.45, 7) is 14.5. The summed E-state index contributed by atoms with van der Waals surface area (Å²) < 4.78 is 17.6. The van der Waals surface area contributed by atoms with Crippen molar-refractivity contribution >= 4 is 29.4 Å². The molecule has 1 saturated heterocycles. The van der Waals surface area contributed by atoms with E-state index in [1.807, 2.05) is 59.7 Å². The van der Waals surface area contributed by atoms with Gasteiger partial charge in [-0.15, -0.1) is 0 Å². The van der Waals surface area contributed by atoms with Crippen molar-refractivity contribution in [2.45, 2.75) is 104 Å². The zero-order valence-electron chi connectivity index (χ0n) is 29.3. The van der Waals surface area contributed by atoms with Crippen molar-refractivity contribution in [3.05, 3.63) is 69.8 Å². The molecule has 48 heavy (non-hydrogen) atoms. The lowest BCUT2D eigenvalue weighted by Crippen LogP contribution is -2.62. The minimum Gasteiger partial charge on any atom is -0.491 e. The highest BCUT2D eigenvalue weighted by Crippen LogP contribution is 2.51. The second kappa shape index (κ2) is 13.2. The van der Waals surface area contributed by atoms with Gasteiger partial charge in [0.05, 0.1) is 24.0 Å². The largest absolute Gasteiger partial charge is 0.491 e. The predicted molar refractivity (Wildman–Crippen MR) is 188 cm³/mol. The van der Waals surface area contributed by atoms with Crippen molar-refractivity contribution in [3.63, 3.8) is 0 Å². The summed E-state index contributed by atoms with van der Waals surface area (Å²) >= 11 is 6.46. The van der Waals surface area contributed by atoms with E-state index < -0.39 is 17.3 Å². The van der Waals surface area contributed by atoms with E-state index in [2.05, 4.69) is 23.1 Å². The van der Waals surface area contributed by atoms with Gasteiger partial charge in [0.1, 0.15) is 17.0 Å². The fourth-order valence-corrected chi connectivity index (χ4v) is 7.71. The first-order chi connectivity index (χ1) is 22.6. The number of anilines is 1. The van der Waals surface area contributed by atoms with Crippen LogP contribution in [0.15, 0.2) is 48.0 Å². The van der Waals surface area contributed by atoms with E-state index in [-0.39, 0.29) is 29.3 Å². The van der Waals surface area contributed by atoms with E-state index in [9.17, 15) is 14.7 Å². The molecule has 2 aliphatic carbocycles. The Morgan fingerprint density at radius 1 is 1.00 bits per heavy atom. The fourth-order valence-electron chi connectivity index (χ4n) is 7.51. The number of rotatable bonds is 5. The van der Waals surface area contributed by atoms with Gasteiger partial charge in [0.2, 0.25) is 0 Å². The third-order valence-electron chi connectivity index (χ3n) is 9.99. The van der Waals surface area contributed by atoms with E-state index in [4.69, 9.17) is 25.8 Å². The van der Waals surface area contributed by atoms with Crippen LogP contribution in [-0.2, 0) is 22.4 Å². The molecule has 260 valence electrons. The molecule has 0 bridgehead atoms. The van der Waals surface area contributed by atoms with Crippen molar-refractivity contribution < 1.29 is 28.9 Å². The zero-order valence-corrected chi connectivity index (χ0v) is 30.1. The molecule has 8 nitrogen and oxygen atoms in total. The van der Waals surface area contributed by atoms with Crippen LogP contribution < -0.4 is 9.64 Å². The van der Waals surface area contributed by atoms with Gasteiger partial charge < -0.3 is 29.1 Å². The molecule has 1 saturated carbocycles. The van der Waals surface area contributed by atoms with Crippen LogP contribution in [0.5, 0.6) is 5.75 Å². The zero-order chi connectivity index (χ0) is 34.4. The van der Waals surface area contributed by atoms with Crippen LogP contribution in [0.3, 0.4) is 0 Å². The maximum absolute atomic E-state index is 13.2. The number of ether oxygens (including phenoxy) is 3. The molecule has 1 N–H and O–H groups in total. The number of benzene rings is 2. The number of esters is 1. The molecule has 1 amide bonds. The molecular weight excluding hydrogens is 628 g/mol. The van der Waals surface area contributed by atoms with Gasteiger partial charge in [0, 0.05) is 36.6 Å². The molecular formula is C39H51ClN2O6. The number of likely N-dealkylation sites (tertiary alicyclic amines) is 1. The average molecular weight is 679 g/mol. The number of hydrogen-bond acceptors (Lipinski definition) is 7. The predicted octanol–water partition coefficient (Wildman–Crippen LogP) is 7.97. The van der Waals surface area contributed by atoms with Crippen LogP contribution in [0.2, 0.25) is 5.02 Å². The summed E-state index contributed by atoms with van der Waals surface area (Å²) in [6.07, 6.45) is 7.02. The first-order valence-corrected chi connectivity index (χ1v) is 17.9. The maximum Gasteiger partial charge on any atom is 0.410 e. The van der Waals surface area contributed by atoms with Gasteiger partial charge in [-0.1, -0.05) is 23.7 Å². The van der Waals surface area contributed by atoms with Crippen molar-refractivity contribution in [2.24, 2.45) is 17.3 Å². The lowest BCUT2D eigenvalue weighted by atomic mass is 9.60. The average Bonchev–Trinajstić information content (AvgIpc) is 2.95. The second-order valence-electron chi connectivity index (χ2n) is 16.3. The van der Waals surface area contributed by atoms with Crippen molar-refractivity contribution in [1.82, 2.24) is 4.90 Å². The third-order valence-corrected chi connectivity index (χ3v) is 10.2. The standard InChI is InChI=1S/C39H51ClN2O6/c1-37(2,3)47-35(44)26-12-15-33-32(18-26)41(21-27-10-13-30(40)17-25(27)9-7-8-16-46-33)22-28-11-14-31(28)34(43)29-19-39(20-29)23-42(24-39)36(45)48-38(4,5)6/h10,12-13,15,17-19,28,31,34,43H,7-9,11,14,16,20-24H2,1-6H3/t28-,31+,34-/m0/s1. The number of hydrogen-bond donors (Lipinski definition) is 1. The Morgan fingerprint density at radius 2 is 1.73 bits per heavy atom. The number of amides is 1. The van der Waals surface area contributed by atoms with Crippen molar-refractivity contribution in [1.29, 1.82) is 0 Å². The van der Waals surface area contributed by atoms with Crippen LogP contribution >= 0.6 is 11.6 Å². The molecule has 2 heterocycles. The molecule has 2 aliphatic heterocycles. The molecule has 6 rings (SSSR count). The van der Waals surface area contributed by atoms with E-state index in [0.29, 0.717) is 38.3 Å². The molecule has 1 spiro atoms. The van der Waals surface area contributed by atoms with Gasteiger partial charge in [-0.3, -0.25) is 0 Å². The number of halogens is 1. The Balaban J connectivity index is 1.22. The van der Waals surface area contributed by atoms with Gasteiger partial charge in [-0.25, -0.2) is 9.59 Å². The van der Waals surface area contributed by atoms with Crippen molar-refractivity contribution in [2.75, 3.05) is 31.1 Å². The highest BCUT2D eigenvalue weighted by atomic mass is 35.5. The van der Waals surface area contributed by atoms with Crippen LogP contribution in [0.1, 0.15) is 95.1 Å². The van der Waals surface area contributed by atoms with Gasteiger partial charge in [0.15, 0.2) is 0 Å². The summed E-state index contributed by atoms with van der Waals surface area (Å²) in [7, 11) is 0. The highest BCUT2D eigenvalue weighted by molar-refractivity contribution is 6.30. The minimum atomic E-state index is -0.610. The quantitative estimate of drug-likeness (QED) is 0.254. The summed E-state index contributed by atoms with van der Waals surface area (Å²) in [4.78, 5) is 29.8. The van der Waals surface area contributed by atoms with Gasteiger partial charge in [0.25, 0.3) is 0 Å². The van der Waals surface area contributed by atoms with Crippen LogP contribution in [0, 0.1) is 17.3 Å². The normalized spacial score (nSPS) is 22.7. The smallest absolute Gasteiger partial charge is 0.410 e. The second-order valence-corrected chi connectivity index (χ2v) is 16.8. The number of aliphatic hydroxyl groups excluding tert-OH is 1. The van der Waals surface area contributed by atoms with E-state index in [1.54, 1.807) is 11.0 Å². The van der Waals surface area contributed by atoms with E-state index >= 15 is 0 Å². The minimum absolute atomic E-state index is 0.0376. The van der Waals surface area contributed by atoms with E-state index in [0.717, 1.165) is 60.6 Å². The number of carbonyl (C=O) groups excluding carboxylic acids is 2.